The number of halogens is 3. The molecule has 2 rings (SSSR count). The van der Waals surface area contributed by atoms with Crippen LogP contribution in [0, 0.1) is 6.92 Å². The highest BCUT2D eigenvalue weighted by Gasteiger charge is 2.31. The van der Waals surface area contributed by atoms with Crippen molar-refractivity contribution in [3.05, 3.63) is 59.7 Å². The van der Waals surface area contributed by atoms with Gasteiger partial charge < -0.3 is 4.74 Å². The molecule has 0 atom stereocenters. The Morgan fingerprint density at radius 2 is 1.57 bits per heavy atom. The van der Waals surface area contributed by atoms with Crippen LogP contribution in [0.1, 0.15) is 15.9 Å². The van der Waals surface area contributed by atoms with Gasteiger partial charge in [-0.3, -0.25) is 4.79 Å². The minimum absolute atomic E-state index is 0.239. The summed E-state index contributed by atoms with van der Waals surface area (Å²) in [7, 11) is 0. The van der Waals surface area contributed by atoms with Crippen molar-refractivity contribution in [2.75, 3.05) is 0 Å². The molecular weight excluding hydrogens is 301 g/mol. The first kappa shape index (κ1) is 15.4. The molecule has 0 aliphatic heterocycles. The van der Waals surface area contributed by atoms with Gasteiger partial charge in [-0.2, -0.15) is 0 Å². The van der Waals surface area contributed by atoms with Crippen LogP contribution in [0.2, 0.25) is 0 Å². The number of aryl methyl sites for hydroxylation is 1. The highest BCUT2D eigenvalue weighted by atomic mass is 32.2. The first-order valence-corrected chi connectivity index (χ1v) is 6.80. The molecule has 0 radical (unpaired) electrons. The van der Waals surface area contributed by atoms with Crippen molar-refractivity contribution in [3.8, 4) is 5.75 Å². The molecule has 2 aromatic carbocycles. The van der Waals surface area contributed by atoms with Gasteiger partial charge in [0.25, 0.3) is 0 Å². The van der Waals surface area contributed by atoms with Crippen LogP contribution in [0.3, 0.4) is 0 Å². The third-order valence-corrected chi connectivity index (χ3v) is 3.48. The number of carbonyl (C=O) groups excluding carboxylic acids is 1. The molecule has 0 unspecified atom stereocenters. The van der Waals surface area contributed by atoms with E-state index in [9.17, 15) is 18.0 Å². The van der Waals surface area contributed by atoms with E-state index in [1.54, 1.807) is 0 Å². The second kappa shape index (κ2) is 6.22. The van der Waals surface area contributed by atoms with Gasteiger partial charge in [0.1, 0.15) is 5.75 Å². The number of alkyl halides is 3. The van der Waals surface area contributed by atoms with Crippen LogP contribution < -0.4 is 4.74 Å². The molecule has 0 amide bonds. The van der Waals surface area contributed by atoms with Crippen LogP contribution in [0.4, 0.5) is 13.2 Å². The molecular formula is C15H11F3O2S. The number of hydrogen-bond donors (Lipinski definition) is 0. The van der Waals surface area contributed by atoms with E-state index < -0.39 is 6.36 Å². The minimum atomic E-state index is -4.73. The molecule has 0 bridgehead atoms. The van der Waals surface area contributed by atoms with Crippen molar-refractivity contribution in [2.45, 2.75) is 18.2 Å². The number of benzene rings is 2. The lowest BCUT2D eigenvalue weighted by atomic mass is 10.2. The van der Waals surface area contributed by atoms with Crippen molar-refractivity contribution >= 4 is 16.9 Å². The molecule has 0 saturated carbocycles. The van der Waals surface area contributed by atoms with Crippen LogP contribution in [-0.4, -0.2) is 11.5 Å². The summed E-state index contributed by atoms with van der Waals surface area (Å²) in [5, 5.41) is -0.239. The van der Waals surface area contributed by atoms with Crippen molar-refractivity contribution in [2.24, 2.45) is 0 Å². The highest BCUT2D eigenvalue weighted by molar-refractivity contribution is 8.14. The lowest BCUT2D eigenvalue weighted by Gasteiger charge is -2.08. The predicted octanol–water partition coefficient (Wildman–Crippen LogP) is 4.83. The van der Waals surface area contributed by atoms with Gasteiger partial charge in [0.05, 0.1) is 0 Å². The summed E-state index contributed by atoms with van der Waals surface area (Å²) in [6, 6.07) is 12.3. The lowest BCUT2D eigenvalue weighted by molar-refractivity contribution is -0.274. The van der Waals surface area contributed by atoms with Crippen LogP contribution in [-0.2, 0) is 0 Å². The Bertz CT molecular complexity index is 619. The average Bonchev–Trinajstić information content (AvgIpc) is 2.40. The summed E-state index contributed by atoms with van der Waals surface area (Å²) in [6.45, 7) is 1.94. The molecule has 0 fully saturated rings. The maximum Gasteiger partial charge on any atom is 0.573 e. The smallest absolute Gasteiger partial charge is 0.406 e. The third kappa shape index (κ3) is 4.82. The monoisotopic (exact) mass is 312 g/mol. The quantitative estimate of drug-likeness (QED) is 0.760. The van der Waals surface area contributed by atoms with E-state index in [1.165, 1.54) is 12.1 Å². The van der Waals surface area contributed by atoms with Gasteiger partial charge in [-0.05, 0) is 55.1 Å². The van der Waals surface area contributed by atoms with Gasteiger partial charge in [0, 0.05) is 10.5 Å². The van der Waals surface area contributed by atoms with Crippen LogP contribution in [0.25, 0.3) is 0 Å². The number of hydrogen-bond acceptors (Lipinski definition) is 3. The number of ether oxygens (including phenoxy) is 1. The lowest BCUT2D eigenvalue weighted by Crippen LogP contribution is -2.17. The maximum absolute atomic E-state index is 12.0. The van der Waals surface area contributed by atoms with E-state index in [2.05, 4.69) is 4.74 Å². The third-order valence-electron chi connectivity index (χ3n) is 2.56. The maximum atomic E-state index is 12.0. The van der Waals surface area contributed by atoms with E-state index >= 15 is 0 Å². The summed E-state index contributed by atoms with van der Waals surface area (Å²) >= 11 is 1.02. The standard InChI is InChI=1S/C15H11F3O2S/c1-10-2-8-13(9-3-10)21-14(19)11-4-6-12(7-5-11)20-15(16,17)18/h2-9H,1H3. The van der Waals surface area contributed by atoms with Gasteiger partial charge >= 0.3 is 6.36 Å². The highest BCUT2D eigenvalue weighted by Crippen LogP contribution is 2.26. The molecule has 0 aliphatic carbocycles. The first-order chi connectivity index (χ1) is 9.83. The fourth-order valence-electron chi connectivity index (χ4n) is 1.56. The largest absolute Gasteiger partial charge is 0.573 e. The summed E-state index contributed by atoms with van der Waals surface area (Å²) in [4.78, 5) is 12.8. The molecule has 6 heteroatoms. The molecule has 0 saturated heterocycles. The molecule has 2 nitrogen and oxygen atoms in total. The van der Waals surface area contributed by atoms with E-state index in [-0.39, 0.29) is 10.9 Å². The Morgan fingerprint density at radius 1 is 1.00 bits per heavy atom. The van der Waals surface area contributed by atoms with Crippen LogP contribution in [0.5, 0.6) is 5.75 Å². The molecule has 21 heavy (non-hydrogen) atoms. The van der Waals surface area contributed by atoms with Crippen molar-refractivity contribution < 1.29 is 22.7 Å². The summed E-state index contributed by atoms with van der Waals surface area (Å²) < 4.78 is 39.8. The molecule has 0 spiro atoms. The zero-order valence-corrected chi connectivity index (χ0v) is 11.8. The Balaban J connectivity index is 2.04. The Morgan fingerprint density at radius 3 is 2.10 bits per heavy atom. The summed E-state index contributed by atoms with van der Waals surface area (Å²) in [5.74, 6) is -0.348. The van der Waals surface area contributed by atoms with Crippen LogP contribution in [0.15, 0.2) is 53.4 Å². The second-order valence-electron chi connectivity index (χ2n) is 4.27. The SMILES string of the molecule is Cc1ccc(SC(=O)c2ccc(OC(F)(F)F)cc2)cc1. The van der Waals surface area contributed by atoms with Gasteiger partial charge in [-0.1, -0.05) is 17.7 Å². The van der Waals surface area contributed by atoms with Crippen molar-refractivity contribution in [1.82, 2.24) is 0 Å². The normalized spacial score (nSPS) is 11.2. The fraction of sp³-hybridized carbons (Fsp3) is 0.133. The molecule has 0 heterocycles. The Hall–Kier alpha value is -1.95. The average molecular weight is 312 g/mol. The van der Waals surface area contributed by atoms with E-state index in [0.717, 1.165) is 34.4 Å². The van der Waals surface area contributed by atoms with Gasteiger partial charge in [0.2, 0.25) is 5.12 Å². The summed E-state index contributed by atoms with van der Waals surface area (Å²) in [6.07, 6.45) is -4.73. The Kier molecular flexibility index (Phi) is 4.57. The van der Waals surface area contributed by atoms with Crippen LogP contribution >= 0.6 is 11.8 Å². The minimum Gasteiger partial charge on any atom is -0.406 e. The zero-order valence-electron chi connectivity index (χ0n) is 11.0. The molecule has 110 valence electrons. The summed E-state index contributed by atoms with van der Waals surface area (Å²) in [5.41, 5.74) is 1.40. The van der Waals surface area contributed by atoms with Gasteiger partial charge in [-0.25, -0.2) is 0 Å². The van der Waals surface area contributed by atoms with E-state index in [1.807, 2.05) is 31.2 Å². The fourth-order valence-corrected chi connectivity index (χ4v) is 2.31. The molecule has 0 aromatic heterocycles. The van der Waals surface area contributed by atoms with Gasteiger partial charge in [-0.15, -0.1) is 13.2 Å². The van der Waals surface area contributed by atoms with E-state index in [0.29, 0.717) is 5.56 Å². The van der Waals surface area contributed by atoms with Crippen molar-refractivity contribution in [1.29, 1.82) is 0 Å². The molecule has 0 aliphatic rings. The zero-order chi connectivity index (χ0) is 15.5. The molecule has 2 aromatic rings. The number of carbonyl (C=O) groups is 1. The molecule has 0 N–H and O–H groups in total. The second-order valence-corrected chi connectivity index (χ2v) is 5.32. The predicted molar refractivity (Wildman–Crippen MR) is 74.5 cm³/mol. The first-order valence-electron chi connectivity index (χ1n) is 5.98. The van der Waals surface area contributed by atoms with Gasteiger partial charge in [0.15, 0.2) is 0 Å². The number of rotatable bonds is 3. The van der Waals surface area contributed by atoms with Crippen molar-refractivity contribution in [3.63, 3.8) is 0 Å². The Labute approximate surface area is 123 Å². The number of thioether (sulfide) groups is 1. The van der Waals surface area contributed by atoms with E-state index in [4.69, 9.17) is 0 Å². The topological polar surface area (TPSA) is 26.3 Å².